The number of anilines is 3. The number of rotatable bonds is 6. The number of hydrogen-bond acceptors (Lipinski definition) is 11. The van der Waals surface area contributed by atoms with E-state index in [-0.39, 0.29) is 104 Å². The number of thiophene rings is 1. The molecule has 3 aliphatic rings. The van der Waals surface area contributed by atoms with Crippen molar-refractivity contribution in [2.75, 3.05) is 49.2 Å². The standard InChI is InChI=1S/C36H27ClF6N8O2S/c37-26-24(19-4-5-21(39)30-23(19)20(14-44)32(46)54-30)27(40)28-25-29(26)52-12-11-51(22(6-8-36(41,42)43)18-3-1-9-47-31(18)45)33(25)49-34(48-28)53-16-35-7-2-10-50(35)15-17(38)13-35/h1,3-5,9,17,22H,2,7,10-13,15-16,46H2,(H2,45,47)/t17-,22-,35+/m1/s1. The highest BCUT2D eigenvalue weighted by atomic mass is 35.5. The maximum Gasteiger partial charge on any atom is 0.457 e. The first-order chi connectivity index (χ1) is 25.8. The maximum atomic E-state index is 17.4. The Kier molecular flexibility index (Phi) is 8.79. The van der Waals surface area contributed by atoms with Crippen molar-refractivity contribution in [3.05, 3.63) is 58.2 Å². The molecule has 4 N–H and O–H groups in total. The van der Waals surface area contributed by atoms with Gasteiger partial charge in [0.15, 0.2) is 11.6 Å². The van der Waals surface area contributed by atoms with Gasteiger partial charge in [0, 0.05) is 41.6 Å². The molecule has 0 aliphatic carbocycles. The van der Waals surface area contributed by atoms with Gasteiger partial charge in [-0.3, -0.25) is 4.90 Å². The van der Waals surface area contributed by atoms with Crippen LogP contribution >= 0.6 is 22.9 Å². The van der Waals surface area contributed by atoms with Gasteiger partial charge >= 0.3 is 12.2 Å². The summed E-state index contributed by atoms with van der Waals surface area (Å²) < 4.78 is 100. The average molecular weight is 785 g/mol. The molecule has 0 radical (unpaired) electrons. The fraction of sp³-hybridized carbons (Fsp3) is 0.333. The molecule has 2 aromatic carbocycles. The van der Waals surface area contributed by atoms with Gasteiger partial charge in [-0.25, -0.2) is 18.2 Å². The van der Waals surface area contributed by atoms with Gasteiger partial charge in [-0.2, -0.15) is 28.4 Å². The Bertz CT molecular complexity index is 2460. The highest BCUT2D eigenvalue weighted by Crippen LogP contribution is 2.51. The fourth-order valence-corrected chi connectivity index (χ4v) is 9.06. The summed E-state index contributed by atoms with van der Waals surface area (Å²) in [6.07, 6.45) is -2.98. The summed E-state index contributed by atoms with van der Waals surface area (Å²) in [6.45, 7) is 0.443. The molecule has 10 nitrogen and oxygen atoms in total. The van der Waals surface area contributed by atoms with Crippen LogP contribution in [0.3, 0.4) is 0 Å². The second-order valence-corrected chi connectivity index (χ2v) is 14.6. The highest BCUT2D eigenvalue weighted by Gasteiger charge is 2.49. The van der Waals surface area contributed by atoms with Gasteiger partial charge in [0.05, 0.1) is 32.8 Å². The number of fused-ring (bicyclic) bond motifs is 2. The lowest BCUT2D eigenvalue weighted by molar-refractivity contribution is -0.0698. The first kappa shape index (κ1) is 35.8. The molecule has 54 heavy (non-hydrogen) atoms. The largest absolute Gasteiger partial charge is 0.489 e. The molecule has 0 saturated carbocycles. The van der Waals surface area contributed by atoms with E-state index in [9.17, 15) is 22.8 Å². The van der Waals surface area contributed by atoms with E-state index in [2.05, 4.69) is 20.9 Å². The van der Waals surface area contributed by atoms with Crippen LogP contribution in [0.2, 0.25) is 5.02 Å². The molecule has 5 aromatic rings. The van der Waals surface area contributed by atoms with Crippen molar-refractivity contribution < 1.29 is 35.8 Å². The van der Waals surface area contributed by atoms with Gasteiger partial charge in [0.1, 0.15) is 59.5 Å². The van der Waals surface area contributed by atoms with Gasteiger partial charge < -0.3 is 25.8 Å². The Balaban J connectivity index is 1.39. The quantitative estimate of drug-likeness (QED) is 0.133. The van der Waals surface area contributed by atoms with Crippen molar-refractivity contribution in [1.29, 1.82) is 5.26 Å². The number of nitrogens with two attached hydrogens (primary N) is 2. The summed E-state index contributed by atoms with van der Waals surface area (Å²) in [4.78, 5) is 16.5. The molecule has 0 amide bonds. The van der Waals surface area contributed by atoms with Gasteiger partial charge in [0.2, 0.25) is 0 Å². The van der Waals surface area contributed by atoms with E-state index in [0.29, 0.717) is 13.0 Å². The van der Waals surface area contributed by atoms with Crippen molar-refractivity contribution in [1.82, 2.24) is 19.9 Å². The van der Waals surface area contributed by atoms with Gasteiger partial charge in [-0.1, -0.05) is 29.7 Å². The smallest absolute Gasteiger partial charge is 0.457 e. The van der Waals surface area contributed by atoms with Gasteiger partial charge in [-0.05, 0) is 37.1 Å². The van der Waals surface area contributed by atoms with Gasteiger partial charge in [0.25, 0.3) is 0 Å². The average Bonchev–Trinajstić information content (AvgIpc) is 3.73. The number of pyridine rings is 1. The SMILES string of the molecule is N#Cc1c(N)sc2c(F)ccc(-c3c(Cl)c4c5c(nc(OC[C@@]67CCCN6C[C@H](F)C7)nc5c3F)N([C@H](C#CC(F)(F)F)c3cccnc3N)CCO4)c12. The van der Waals surface area contributed by atoms with Crippen LogP contribution in [0.1, 0.15) is 36.4 Å². The monoisotopic (exact) mass is 784 g/mol. The predicted molar refractivity (Wildman–Crippen MR) is 191 cm³/mol. The molecule has 0 spiro atoms. The van der Waals surface area contributed by atoms with E-state index < -0.39 is 41.1 Å². The van der Waals surface area contributed by atoms with Crippen LogP contribution in [-0.2, 0) is 0 Å². The number of nitrogens with zero attached hydrogens (tertiary/aromatic N) is 6. The molecule has 6 heterocycles. The summed E-state index contributed by atoms with van der Waals surface area (Å²) >= 11 is 7.79. The molecule has 3 aromatic heterocycles. The molecule has 3 atom stereocenters. The van der Waals surface area contributed by atoms with E-state index in [1.54, 1.807) is 0 Å². The van der Waals surface area contributed by atoms with Crippen LogP contribution in [0.5, 0.6) is 11.8 Å². The summed E-state index contributed by atoms with van der Waals surface area (Å²) in [7, 11) is 0. The molecule has 8 rings (SSSR count). The van der Waals surface area contributed by atoms with Crippen LogP contribution in [0.25, 0.3) is 32.1 Å². The maximum absolute atomic E-state index is 17.4. The van der Waals surface area contributed by atoms with Crippen molar-refractivity contribution in [2.24, 2.45) is 0 Å². The topological polar surface area (TPSA) is 139 Å². The third-order valence-corrected chi connectivity index (χ3v) is 11.4. The molecule has 0 bridgehead atoms. The van der Waals surface area contributed by atoms with Crippen LogP contribution < -0.4 is 25.8 Å². The summed E-state index contributed by atoms with van der Waals surface area (Å²) in [5, 5.41) is 9.55. The first-order valence-electron chi connectivity index (χ1n) is 16.6. The molecular weight excluding hydrogens is 758 g/mol. The third kappa shape index (κ3) is 5.91. The van der Waals surface area contributed by atoms with Crippen LogP contribution in [0.15, 0.2) is 30.5 Å². The lowest BCUT2D eigenvalue weighted by atomic mass is 9.95. The molecule has 18 heteroatoms. The second-order valence-electron chi connectivity index (χ2n) is 13.2. The number of hydrogen-bond donors (Lipinski definition) is 2. The number of halogens is 7. The zero-order valence-corrected chi connectivity index (χ0v) is 29.5. The molecule has 2 saturated heterocycles. The predicted octanol–water partition coefficient (Wildman–Crippen LogP) is 7.34. The number of ether oxygens (including phenoxy) is 2. The zero-order valence-electron chi connectivity index (χ0n) is 27.9. The third-order valence-electron chi connectivity index (χ3n) is 10.1. The van der Waals surface area contributed by atoms with Crippen molar-refractivity contribution in [3.8, 4) is 40.8 Å². The van der Waals surface area contributed by atoms with E-state index >= 15 is 8.78 Å². The minimum Gasteiger partial charge on any atom is -0.489 e. The van der Waals surface area contributed by atoms with E-state index in [1.165, 1.54) is 35.2 Å². The van der Waals surface area contributed by atoms with Crippen LogP contribution in [0.4, 0.5) is 43.0 Å². The number of nitrogen functional groups attached to an aromatic ring is 2. The highest BCUT2D eigenvalue weighted by molar-refractivity contribution is 7.23. The summed E-state index contributed by atoms with van der Waals surface area (Å²) in [5.74, 6) is 1.42. The molecular formula is C36H27ClF6N8O2S. The number of nitriles is 1. The summed E-state index contributed by atoms with van der Waals surface area (Å²) in [6, 6.07) is 5.42. The minimum atomic E-state index is -4.90. The van der Waals surface area contributed by atoms with Crippen molar-refractivity contribution >= 4 is 60.6 Å². The molecule has 2 fully saturated rings. The molecule has 0 unspecified atom stereocenters. The normalized spacial score (nSPS) is 20.3. The fourth-order valence-electron chi connectivity index (χ4n) is 7.77. The lowest BCUT2D eigenvalue weighted by Gasteiger charge is -2.31. The number of benzene rings is 2. The summed E-state index contributed by atoms with van der Waals surface area (Å²) in [5.41, 5.74) is 10.9. The Labute approximate surface area is 312 Å². The van der Waals surface area contributed by atoms with E-state index in [4.69, 9.17) is 32.5 Å². The Morgan fingerprint density at radius 1 is 1.17 bits per heavy atom. The Hall–Kier alpha value is -5.23. The van der Waals surface area contributed by atoms with Crippen molar-refractivity contribution in [2.45, 2.75) is 43.2 Å². The van der Waals surface area contributed by atoms with E-state index in [0.717, 1.165) is 23.8 Å². The second kappa shape index (κ2) is 13.3. The van der Waals surface area contributed by atoms with Crippen LogP contribution in [-0.4, -0.2) is 70.6 Å². The zero-order chi connectivity index (χ0) is 38.1. The molecule has 278 valence electrons. The Morgan fingerprint density at radius 2 is 1.98 bits per heavy atom. The van der Waals surface area contributed by atoms with Gasteiger partial charge in [-0.15, -0.1) is 11.3 Å². The number of aromatic nitrogens is 3. The Morgan fingerprint density at radius 3 is 2.74 bits per heavy atom. The lowest BCUT2D eigenvalue weighted by Crippen LogP contribution is -2.43. The van der Waals surface area contributed by atoms with E-state index in [1.807, 2.05) is 11.0 Å². The van der Waals surface area contributed by atoms with Crippen LogP contribution in [0, 0.1) is 34.8 Å². The van der Waals surface area contributed by atoms with Crippen molar-refractivity contribution in [3.63, 3.8) is 0 Å². The molecule has 3 aliphatic heterocycles. The minimum absolute atomic E-state index is 0.00458. The number of alkyl halides is 4. The first-order valence-corrected chi connectivity index (χ1v) is 17.8.